The SMILES string of the molecule is CN1CCOC(CNCC(O)c2ccc3c(c2)OCCO3)C1. The zero-order chi connectivity index (χ0) is 15.4. The smallest absolute Gasteiger partial charge is 0.161 e. The van der Waals surface area contributed by atoms with Crippen LogP contribution in [0.5, 0.6) is 11.5 Å². The normalized spacial score (nSPS) is 23.3. The van der Waals surface area contributed by atoms with Gasteiger partial charge in [-0.1, -0.05) is 6.07 Å². The zero-order valence-corrected chi connectivity index (χ0v) is 13.0. The highest BCUT2D eigenvalue weighted by Crippen LogP contribution is 2.32. The van der Waals surface area contributed by atoms with Crippen LogP contribution >= 0.6 is 0 Å². The molecule has 1 aromatic carbocycles. The van der Waals surface area contributed by atoms with Gasteiger partial charge in [-0.3, -0.25) is 0 Å². The molecule has 2 aliphatic rings. The van der Waals surface area contributed by atoms with E-state index < -0.39 is 6.10 Å². The number of nitrogens with one attached hydrogen (secondary N) is 1. The van der Waals surface area contributed by atoms with Crippen LogP contribution in [0, 0.1) is 0 Å². The van der Waals surface area contributed by atoms with Gasteiger partial charge < -0.3 is 29.5 Å². The van der Waals surface area contributed by atoms with Gasteiger partial charge in [0.25, 0.3) is 0 Å². The number of hydrogen-bond donors (Lipinski definition) is 2. The lowest BCUT2D eigenvalue weighted by Crippen LogP contribution is -2.45. The molecule has 2 unspecified atom stereocenters. The largest absolute Gasteiger partial charge is 0.486 e. The third-order valence-corrected chi connectivity index (χ3v) is 4.00. The molecule has 2 N–H and O–H groups in total. The predicted molar refractivity (Wildman–Crippen MR) is 82.5 cm³/mol. The van der Waals surface area contributed by atoms with Gasteiger partial charge in [-0.2, -0.15) is 0 Å². The highest BCUT2D eigenvalue weighted by Gasteiger charge is 2.19. The van der Waals surface area contributed by atoms with Gasteiger partial charge in [-0.05, 0) is 24.7 Å². The van der Waals surface area contributed by atoms with E-state index in [0.29, 0.717) is 25.5 Å². The maximum atomic E-state index is 10.3. The number of likely N-dealkylation sites (N-methyl/N-ethyl adjacent to an activating group) is 1. The van der Waals surface area contributed by atoms with E-state index in [1.54, 1.807) is 0 Å². The molecule has 1 fully saturated rings. The molecule has 1 saturated heterocycles. The van der Waals surface area contributed by atoms with Crippen molar-refractivity contribution in [2.45, 2.75) is 12.2 Å². The molecule has 122 valence electrons. The number of hydrogen-bond acceptors (Lipinski definition) is 6. The van der Waals surface area contributed by atoms with Gasteiger partial charge in [0.2, 0.25) is 0 Å². The molecular formula is C16H24N2O4. The number of ether oxygens (including phenoxy) is 3. The van der Waals surface area contributed by atoms with Crippen molar-refractivity contribution < 1.29 is 19.3 Å². The second-order valence-electron chi connectivity index (χ2n) is 5.83. The van der Waals surface area contributed by atoms with Crippen LogP contribution < -0.4 is 14.8 Å². The zero-order valence-electron chi connectivity index (χ0n) is 13.0. The second-order valence-corrected chi connectivity index (χ2v) is 5.83. The molecule has 3 rings (SSSR count). The third kappa shape index (κ3) is 3.89. The first-order valence-corrected chi connectivity index (χ1v) is 7.81. The van der Waals surface area contributed by atoms with Crippen LogP contribution in [-0.2, 0) is 4.74 Å². The molecule has 0 aliphatic carbocycles. The number of aliphatic hydroxyl groups is 1. The van der Waals surface area contributed by atoms with E-state index in [1.807, 2.05) is 18.2 Å². The first-order chi connectivity index (χ1) is 10.7. The van der Waals surface area contributed by atoms with Crippen molar-refractivity contribution >= 4 is 0 Å². The first kappa shape index (κ1) is 15.6. The van der Waals surface area contributed by atoms with Crippen LogP contribution in [0.4, 0.5) is 0 Å². The Bertz CT molecular complexity index is 497. The topological polar surface area (TPSA) is 63.2 Å². The van der Waals surface area contributed by atoms with Crippen LogP contribution in [0.2, 0.25) is 0 Å². The van der Waals surface area contributed by atoms with E-state index in [1.165, 1.54) is 0 Å². The summed E-state index contributed by atoms with van der Waals surface area (Å²) in [4.78, 5) is 2.26. The molecule has 0 spiro atoms. The fourth-order valence-electron chi connectivity index (χ4n) is 2.76. The Hall–Kier alpha value is -1.34. The minimum absolute atomic E-state index is 0.186. The Kier molecular flexibility index (Phi) is 5.15. The second kappa shape index (κ2) is 7.28. The molecule has 0 aromatic heterocycles. The number of fused-ring (bicyclic) bond motifs is 1. The van der Waals surface area contributed by atoms with Crippen molar-refractivity contribution in [2.75, 3.05) is 53.0 Å². The van der Waals surface area contributed by atoms with Gasteiger partial charge in [-0.15, -0.1) is 0 Å². The standard InChI is InChI=1S/C16H24N2O4/c1-18-4-5-20-13(11-18)9-17-10-14(19)12-2-3-15-16(8-12)22-7-6-21-15/h2-3,8,13-14,17,19H,4-7,9-11H2,1H3. The summed E-state index contributed by atoms with van der Waals surface area (Å²) in [5, 5.41) is 13.6. The summed E-state index contributed by atoms with van der Waals surface area (Å²) < 4.78 is 16.7. The van der Waals surface area contributed by atoms with Gasteiger partial charge >= 0.3 is 0 Å². The van der Waals surface area contributed by atoms with Crippen LogP contribution in [0.15, 0.2) is 18.2 Å². The van der Waals surface area contributed by atoms with Crippen molar-refractivity contribution in [3.8, 4) is 11.5 Å². The molecule has 2 heterocycles. The molecule has 0 radical (unpaired) electrons. The Balaban J connectivity index is 1.48. The van der Waals surface area contributed by atoms with E-state index in [9.17, 15) is 5.11 Å². The summed E-state index contributed by atoms with van der Waals surface area (Å²) in [5.74, 6) is 1.45. The van der Waals surface area contributed by atoms with E-state index >= 15 is 0 Å². The molecular weight excluding hydrogens is 284 g/mol. The highest BCUT2D eigenvalue weighted by atomic mass is 16.6. The highest BCUT2D eigenvalue weighted by molar-refractivity contribution is 5.44. The fourth-order valence-corrected chi connectivity index (χ4v) is 2.76. The summed E-state index contributed by atoms with van der Waals surface area (Å²) in [6.07, 6.45) is -0.386. The van der Waals surface area contributed by atoms with Crippen molar-refractivity contribution in [1.82, 2.24) is 10.2 Å². The number of rotatable bonds is 5. The lowest BCUT2D eigenvalue weighted by atomic mass is 10.1. The maximum absolute atomic E-state index is 10.3. The predicted octanol–water partition coefficient (Wildman–Crippen LogP) is 0.411. The van der Waals surface area contributed by atoms with Crippen LogP contribution in [0.3, 0.4) is 0 Å². The molecule has 0 amide bonds. The summed E-state index contributed by atoms with van der Waals surface area (Å²) in [5.41, 5.74) is 0.832. The lowest BCUT2D eigenvalue weighted by molar-refractivity contribution is -0.0191. The summed E-state index contributed by atoms with van der Waals surface area (Å²) in [7, 11) is 2.10. The van der Waals surface area contributed by atoms with Gasteiger partial charge in [-0.25, -0.2) is 0 Å². The van der Waals surface area contributed by atoms with E-state index in [4.69, 9.17) is 14.2 Å². The monoisotopic (exact) mass is 308 g/mol. The molecule has 0 saturated carbocycles. The molecule has 6 heteroatoms. The van der Waals surface area contributed by atoms with Crippen molar-refractivity contribution in [3.63, 3.8) is 0 Å². The third-order valence-electron chi connectivity index (χ3n) is 4.00. The van der Waals surface area contributed by atoms with Gasteiger partial charge in [0.15, 0.2) is 11.5 Å². The lowest BCUT2D eigenvalue weighted by Gasteiger charge is -2.30. The molecule has 6 nitrogen and oxygen atoms in total. The van der Waals surface area contributed by atoms with E-state index in [-0.39, 0.29) is 6.10 Å². The molecule has 2 aliphatic heterocycles. The summed E-state index contributed by atoms with van der Waals surface area (Å²) in [6.45, 7) is 5.04. The number of aliphatic hydroxyl groups excluding tert-OH is 1. The summed E-state index contributed by atoms with van der Waals surface area (Å²) >= 11 is 0. The molecule has 1 aromatic rings. The first-order valence-electron chi connectivity index (χ1n) is 7.81. The molecule has 2 atom stereocenters. The van der Waals surface area contributed by atoms with Crippen molar-refractivity contribution in [2.24, 2.45) is 0 Å². The van der Waals surface area contributed by atoms with Crippen molar-refractivity contribution in [3.05, 3.63) is 23.8 Å². The van der Waals surface area contributed by atoms with Gasteiger partial charge in [0, 0.05) is 26.2 Å². The minimum atomic E-state index is -0.572. The Morgan fingerprint density at radius 1 is 1.27 bits per heavy atom. The quantitative estimate of drug-likeness (QED) is 0.822. The molecule has 22 heavy (non-hydrogen) atoms. The number of morpholine rings is 1. The number of benzene rings is 1. The Morgan fingerprint density at radius 2 is 2.09 bits per heavy atom. The van der Waals surface area contributed by atoms with Crippen molar-refractivity contribution in [1.29, 1.82) is 0 Å². The number of nitrogens with zero attached hydrogens (tertiary/aromatic N) is 1. The average molecular weight is 308 g/mol. The Labute approximate surface area is 131 Å². The van der Waals surface area contributed by atoms with Crippen LogP contribution in [0.25, 0.3) is 0 Å². The van der Waals surface area contributed by atoms with E-state index in [2.05, 4.69) is 17.3 Å². The summed E-state index contributed by atoms with van der Waals surface area (Å²) in [6, 6.07) is 5.59. The average Bonchev–Trinajstić information content (AvgIpc) is 2.54. The van der Waals surface area contributed by atoms with Crippen LogP contribution in [-0.4, -0.2) is 69.2 Å². The van der Waals surface area contributed by atoms with Gasteiger partial charge in [0.1, 0.15) is 13.2 Å². The fraction of sp³-hybridized carbons (Fsp3) is 0.625. The van der Waals surface area contributed by atoms with Gasteiger partial charge in [0.05, 0.1) is 18.8 Å². The maximum Gasteiger partial charge on any atom is 0.161 e. The van der Waals surface area contributed by atoms with Crippen LogP contribution in [0.1, 0.15) is 11.7 Å². The van der Waals surface area contributed by atoms with E-state index in [0.717, 1.165) is 37.6 Å². The Morgan fingerprint density at radius 3 is 2.91 bits per heavy atom. The molecule has 0 bridgehead atoms. The minimum Gasteiger partial charge on any atom is -0.486 e.